The van der Waals surface area contributed by atoms with E-state index in [1.807, 2.05) is 18.2 Å². The van der Waals surface area contributed by atoms with E-state index in [0.717, 1.165) is 10.6 Å². The van der Waals surface area contributed by atoms with E-state index in [4.69, 9.17) is 23.2 Å². The van der Waals surface area contributed by atoms with E-state index in [1.54, 1.807) is 41.9 Å². The molecule has 0 spiro atoms. The molecule has 2 amide bonds. The minimum absolute atomic E-state index is 0.335. The summed E-state index contributed by atoms with van der Waals surface area (Å²) in [6.45, 7) is 2.17. The molecule has 0 unspecified atom stereocenters. The lowest BCUT2D eigenvalue weighted by atomic mass is 10.1. The first kappa shape index (κ1) is 18.4. The largest absolute Gasteiger partial charge is 0.282 e. The van der Waals surface area contributed by atoms with Crippen LogP contribution < -0.4 is 0 Å². The van der Waals surface area contributed by atoms with Crippen LogP contribution in [0.4, 0.5) is 0 Å². The van der Waals surface area contributed by atoms with Gasteiger partial charge in [0.25, 0.3) is 11.8 Å². The number of imide groups is 1. The summed E-state index contributed by atoms with van der Waals surface area (Å²) >= 11 is 12.7. The Kier molecular flexibility index (Phi) is 4.75. The number of aromatic nitrogens is 2. The van der Waals surface area contributed by atoms with Gasteiger partial charge in [-0.25, -0.2) is 4.68 Å². The standard InChI is InChI=1S/C20H14Cl2N4O2/c1-12-16(18(22)25(24-12)11-13-6-2-5-9-17(13)21)10-23-26-19(27)14-7-3-4-8-15(14)20(26)28/h2-10H,11H2,1H3/b23-10-. The summed E-state index contributed by atoms with van der Waals surface area (Å²) in [7, 11) is 0. The van der Waals surface area contributed by atoms with Crippen LogP contribution in [0, 0.1) is 6.92 Å². The summed E-state index contributed by atoms with van der Waals surface area (Å²) in [4.78, 5) is 24.8. The topological polar surface area (TPSA) is 67.6 Å². The van der Waals surface area contributed by atoms with Gasteiger partial charge >= 0.3 is 0 Å². The zero-order valence-electron chi connectivity index (χ0n) is 14.8. The van der Waals surface area contributed by atoms with Gasteiger partial charge in [-0.2, -0.15) is 15.2 Å². The predicted molar refractivity (Wildman–Crippen MR) is 107 cm³/mol. The van der Waals surface area contributed by atoms with Crippen LogP contribution >= 0.6 is 23.2 Å². The Labute approximate surface area is 171 Å². The molecule has 28 heavy (non-hydrogen) atoms. The highest BCUT2D eigenvalue weighted by Crippen LogP contribution is 2.25. The van der Waals surface area contributed by atoms with Crippen molar-refractivity contribution in [3.8, 4) is 0 Å². The molecule has 0 atom stereocenters. The molecule has 0 saturated heterocycles. The summed E-state index contributed by atoms with van der Waals surface area (Å²) in [5.74, 6) is -0.928. The van der Waals surface area contributed by atoms with E-state index in [0.29, 0.717) is 39.1 Å². The van der Waals surface area contributed by atoms with Crippen LogP contribution in [-0.4, -0.2) is 32.8 Å². The third-order valence-electron chi connectivity index (χ3n) is 4.46. The number of rotatable bonds is 4. The number of fused-ring (bicyclic) bond motifs is 1. The van der Waals surface area contributed by atoms with Crippen LogP contribution in [0.1, 0.15) is 37.5 Å². The molecular weight excluding hydrogens is 399 g/mol. The lowest BCUT2D eigenvalue weighted by Crippen LogP contribution is -2.24. The van der Waals surface area contributed by atoms with Crippen LogP contribution in [0.2, 0.25) is 10.2 Å². The van der Waals surface area contributed by atoms with Gasteiger partial charge in [-0.05, 0) is 30.7 Å². The predicted octanol–water partition coefficient (Wildman–Crippen LogP) is 4.18. The second kappa shape index (κ2) is 7.22. The number of amides is 2. The van der Waals surface area contributed by atoms with Crippen molar-refractivity contribution in [2.24, 2.45) is 5.10 Å². The number of benzene rings is 2. The highest BCUT2D eigenvalue weighted by Gasteiger charge is 2.35. The third kappa shape index (κ3) is 3.10. The van der Waals surface area contributed by atoms with Crippen molar-refractivity contribution in [2.45, 2.75) is 13.5 Å². The molecule has 8 heteroatoms. The average molecular weight is 413 g/mol. The van der Waals surface area contributed by atoms with Crippen molar-refractivity contribution < 1.29 is 9.59 Å². The highest BCUT2D eigenvalue weighted by molar-refractivity contribution is 6.32. The Morgan fingerprint density at radius 1 is 1.00 bits per heavy atom. The summed E-state index contributed by atoms with van der Waals surface area (Å²) < 4.78 is 1.60. The average Bonchev–Trinajstić information content (AvgIpc) is 3.09. The molecule has 6 nitrogen and oxygen atoms in total. The lowest BCUT2D eigenvalue weighted by molar-refractivity contribution is 0.0660. The number of nitrogens with zero attached hydrogens (tertiary/aromatic N) is 4. The van der Waals surface area contributed by atoms with Crippen LogP contribution in [-0.2, 0) is 6.54 Å². The minimum Gasteiger partial charge on any atom is -0.267 e. The summed E-state index contributed by atoms with van der Waals surface area (Å²) in [5, 5.41) is 10.3. The number of hydrogen-bond acceptors (Lipinski definition) is 4. The van der Waals surface area contributed by atoms with Gasteiger partial charge in [-0.1, -0.05) is 53.5 Å². The Morgan fingerprint density at radius 2 is 1.61 bits per heavy atom. The molecule has 0 saturated carbocycles. The smallest absolute Gasteiger partial charge is 0.267 e. The fourth-order valence-corrected chi connectivity index (χ4v) is 3.48. The van der Waals surface area contributed by atoms with Crippen LogP contribution in [0.15, 0.2) is 53.6 Å². The van der Waals surface area contributed by atoms with Crippen LogP contribution in [0.3, 0.4) is 0 Å². The normalized spacial score (nSPS) is 13.6. The Morgan fingerprint density at radius 3 is 2.25 bits per heavy atom. The van der Waals surface area contributed by atoms with Crippen molar-refractivity contribution >= 4 is 41.2 Å². The van der Waals surface area contributed by atoms with Crippen molar-refractivity contribution in [3.63, 3.8) is 0 Å². The monoisotopic (exact) mass is 412 g/mol. The van der Waals surface area contributed by atoms with Gasteiger partial charge in [0.1, 0.15) is 5.15 Å². The SMILES string of the molecule is Cc1nn(Cc2ccccc2Cl)c(Cl)c1/C=N\N1C(=O)c2ccccc2C1=O. The van der Waals surface area contributed by atoms with Crippen LogP contribution in [0.5, 0.6) is 0 Å². The van der Waals surface area contributed by atoms with Crippen molar-refractivity contribution in [1.82, 2.24) is 14.8 Å². The number of carbonyl (C=O) groups excluding carboxylic acids is 2. The van der Waals surface area contributed by atoms with Gasteiger partial charge in [-0.3, -0.25) is 9.59 Å². The number of hydrazone groups is 1. The molecule has 2 heterocycles. The molecular formula is C20H14Cl2N4O2. The molecule has 1 aliphatic rings. The first-order valence-electron chi connectivity index (χ1n) is 8.45. The van der Waals surface area contributed by atoms with Gasteiger partial charge in [0.15, 0.2) is 0 Å². The van der Waals surface area contributed by atoms with E-state index in [2.05, 4.69) is 10.2 Å². The molecule has 140 valence electrons. The number of hydrogen-bond donors (Lipinski definition) is 0. The number of aryl methyl sites for hydroxylation is 1. The molecule has 0 aliphatic carbocycles. The first-order valence-corrected chi connectivity index (χ1v) is 9.21. The number of carbonyl (C=O) groups is 2. The molecule has 0 fully saturated rings. The van der Waals surface area contributed by atoms with E-state index in [9.17, 15) is 9.59 Å². The molecule has 2 aromatic carbocycles. The maximum absolute atomic E-state index is 12.4. The summed E-state index contributed by atoms with van der Waals surface area (Å²) in [6.07, 6.45) is 1.38. The molecule has 4 rings (SSSR count). The van der Waals surface area contributed by atoms with Gasteiger partial charge in [0.05, 0.1) is 35.1 Å². The second-order valence-electron chi connectivity index (χ2n) is 6.25. The molecule has 1 aromatic heterocycles. The van der Waals surface area contributed by atoms with Crippen molar-refractivity contribution in [2.75, 3.05) is 0 Å². The maximum atomic E-state index is 12.4. The number of halogens is 2. The quantitative estimate of drug-likeness (QED) is 0.476. The molecule has 1 aliphatic heterocycles. The fourth-order valence-electron chi connectivity index (χ4n) is 3.00. The lowest BCUT2D eigenvalue weighted by Gasteiger charge is -2.06. The third-order valence-corrected chi connectivity index (χ3v) is 5.23. The first-order chi connectivity index (χ1) is 13.5. The van der Waals surface area contributed by atoms with Crippen molar-refractivity contribution in [1.29, 1.82) is 0 Å². The summed E-state index contributed by atoms with van der Waals surface area (Å²) in [5.41, 5.74) is 2.70. The second-order valence-corrected chi connectivity index (χ2v) is 7.02. The van der Waals surface area contributed by atoms with E-state index < -0.39 is 11.8 Å². The molecule has 0 radical (unpaired) electrons. The maximum Gasteiger partial charge on any atom is 0.282 e. The zero-order valence-corrected chi connectivity index (χ0v) is 16.3. The molecule has 0 bridgehead atoms. The zero-order chi connectivity index (χ0) is 19.8. The van der Waals surface area contributed by atoms with E-state index in [1.165, 1.54) is 6.21 Å². The van der Waals surface area contributed by atoms with Crippen LogP contribution in [0.25, 0.3) is 0 Å². The fraction of sp³-hybridized carbons (Fsp3) is 0.100. The molecule has 0 N–H and O–H groups in total. The Balaban J connectivity index is 1.61. The Bertz CT molecular complexity index is 1100. The highest BCUT2D eigenvalue weighted by atomic mass is 35.5. The molecule has 3 aromatic rings. The Hall–Kier alpha value is -2.96. The minimum atomic E-state index is -0.464. The van der Waals surface area contributed by atoms with Gasteiger partial charge in [0, 0.05) is 5.02 Å². The van der Waals surface area contributed by atoms with Gasteiger partial charge in [0.2, 0.25) is 0 Å². The van der Waals surface area contributed by atoms with E-state index >= 15 is 0 Å². The summed E-state index contributed by atoms with van der Waals surface area (Å²) in [6, 6.07) is 14.0. The van der Waals surface area contributed by atoms with E-state index in [-0.39, 0.29) is 0 Å². The van der Waals surface area contributed by atoms with Gasteiger partial charge < -0.3 is 0 Å². The van der Waals surface area contributed by atoms with Crippen molar-refractivity contribution in [3.05, 3.63) is 86.7 Å². The van der Waals surface area contributed by atoms with Gasteiger partial charge in [-0.15, -0.1) is 0 Å².